The minimum absolute atomic E-state index is 0. The van der Waals surface area contributed by atoms with Crippen molar-refractivity contribution in [3.8, 4) is 5.75 Å². The first kappa shape index (κ1) is 16.5. The molecule has 0 bridgehead atoms. The number of aliphatic hydroxyl groups is 1. The highest BCUT2D eigenvalue weighted by molar-refractivity contribution is 5.28. The first-order chi connectivity index (χ1) is 9.29. The van der Waals surface area contributed by atoms with E-state index in [1.807, 2.05) is 54.6 Å². The molecule has 0 aliphatic heterocycles. The van der Waals surface area contributed by atoms with Crippen LogP contribution in [0.2, 0.25) is 0 Å². The van der Waals surface area contributed by atoms with Gasteiger partial charge in [-0.05, 0) is 23.3 Å². The third-order valence-corrected chi connectivity index (χ3v) is 2.99. The summed E-state index contributed by atoms with van der Waals surface area (Å²) in [7, 11) is 1.66. The highest BCUT2D eigenvalue weighted by Gasteiger charge is 2.05. The predicted molar refractivity (Wildman–Crippen MR) is 76.1 cm³/mol. The van der Waals surface area contributed by atoms with E-state index >= 15 is 0 Å². The Hall–Kier alpha value is -1.55. The molecular formula is C16H19ClNO2-. The van der Waals surface area contributed by atoms with Crippen molar-refractivity contribution in [2.24, 2.45) is 0 Å². The van der Waals surface area contributed by atoms with E-state index in [2.05, 4.69) is 5.32 Å². The average molecular weight is 293 g/mol. The molecule has 2 aromatic carbocycles. The van der Waals surface area contributed by atoms with Gasteiger partial charge in [-0.25, -0.2) is 0 Å². The van der Waals surface area contributed by atoms with Crippen LogP contribution in [0, 0.1) is 0 Å². The van der Waals surface area contributed by atoms with E-state index in [-0.39, 0.29) is 12.4 Å². The fourth-order valence-electron chi connectivity index (χ4n) is 1.93. The standard InChI is InChI=1S/C16H19NO2.ClH/c1-19-15-9-5-6-13(10-15)11-17-12-16(18)14-7-3-2-4-8-14;/h2-10,16-18H,11-12H2,1H3;1H/p-1. The van der Waals surface area contributed by atoms with E-state index in [0.717, 1.165) is 16.9 Å². The van der Waals surface area contributed by atoms with Gasteiger partial charge < -0.3 is 27.6 Å². The van der Waals surface area contributed by atoms with Gasteiger partial charge in [0.2, 0.25) is 0 Å². The van der Waals surface area contributed by atoms with Crippen molar-refractivity contribution in [2.45, 2.75) is 12.6 Å². The number of methoxy groups -OCH3 is 1. The second-order valence-corrected chi connectivity index (χ2v) is 4.41. The minimum Gasteiger partial charge on any atom is -1.00 e. The molecule has 0 heterocycles. The molecule has 0 aliphatic rings. The monoisotopic (exact) mass is 292 g/mol. The van der Waals surface area contributed by atoms with E-state index in [9.17, 15) is 5.11 Å². The lowest BCUT2D eigenvalue weighted by atomic mass is 10.1. The molecule has 0 amide bonds. The predicted octanol–water partition coefficient (Wildman–Crippen LogP) is -0.478. The van der Waals surface area contributed by atoms with Crippen LogP contribution in [-0.2, 0) is 6.54 Å². The highest BCUT2D eigenvalue weighted by Crippen LogP contribution is 2.13. The summed E-state index contributed by atoms with van der Waals surface area (Å²) in [6.07, 6.45) is -0.480. The number of hydrogen-bond acceptors (Lipinski definition) is 3. The Morgan fingerprint density at radius 3 is 2.55 bits per heavy atom. The van der Waals surface area contributed by atoms with Gasteiger partial charge in [0.25, 0.3) is 0 Å². The van der Waals surface area contributed by atoms with Crippen LogP contribution in [0.15, 0.2) is 54.6 Å². The Balaban J connectivity index is 0.00000200. The summed E-state index contributed by atoms with van der Waals surface area (Å²) < 4.78 is 5.17. The van der Waals surface area contributed by atoms with Gasteiger partial charge in [-0.1, -0.05) is 42.5 Å². The molecule has 2 N–H and O–H groups in total. The summed E-state index contributed by atoms with van der Waals surface area (Å²) in [6.45, 7) is 1.24. The summed E-state index contributed by atoms with van der Waals surface area (Å²) in [5, 5.41) is 13.3. The minimum atomic E-state index is -0.480. The van der Waals surface area contributed by atoms with Crippen molar-refractivity contribution in [3.63, 3.8) is 0 Å². The number of ether oxygens (including phenoxy) is 1. The Kier molecular flexibility index (Phi) is 7.09. The smallest absolute Gasteiger partial charge is 0.119 e. The van der Waals surface area contributed by atoms with E-state index < -0.39 is 6.10 Å². The van der Waals surface area contributed by atoms with Crippen molar-refractivity contribution in [1.29, 1.82) is 0 Å². The molecule has 20 heavy (non-hydrogen) atoms. The number of hydrogen-bond donors (Lipinski definition) is 2. The van der Waals surface area contributed by atoms with Gasteiger partial charge in [0.05, 0.1) is 13.2 Å². The summed E-state index contributed by atoms with van der Waals surface area (Å²) >= 11 is 0. The third kappa shape index (κ3) is 4.85. The van der Waals surface area contributed by atoms with Crippen LogP contribution in [0.1, 0.15) is 17.2 Å². The van der Waals surface area contributed by atoms with Gasteiger partial charge >= 0.3 is 0 Å². The molecule has 0 radical (unpaired) electrons. The van der Waals surface area contributed by atoms with Crippen LogP contribution in [0.3, 0.4) is 0 Å². The van der Waals surface area contributed by atoms with Crippen molar-refractivity contribution in [2.75, 3.05) is 13.7 Å². The number of halogens is 1. The lowest BCUT2D eigenvalue weighted by Gasteiger charge is -2.12. The summed E-state index contributed by atoms with van der Waals surface area (Å²) in [5.41, 5.74) is 2.07. The molecule has 1 unspecified atom stereocenters. The Labute approximate surface area is 126 Å². The van der Waals surface area contributed by atoms with Crippen LogP contribution < -0.4 is 22.5 Å². The molecule has 2 aromatic rings. The van der Waals surface area contributed by atoms with E-state index in [0.29, 0.717) is 13.1 Å². The molecule has 0 saturated heterocycles. The van der Waals surface area contributed by atoms with Crippen molar-refractivity contribution in [1.82, 2.24) is 5.32 Å². The lowest BCUT2D eigenvalue weighted by Crippen LogP contribution is -3.00. The summed E-state index contributed by atoms with van der Waals surface area (Å²) in [6, 6.07) is 17.6. The number of nitrogens with one attached hydrogen (secondary N) is 1. The largest absolute Gasteiger partial charge is 1.00 e. The fraction of sp³-hybridized carbons (Fsp3) is 0.250. The third-order valence-electron chi connectivity index (χ3n) is 2.99. The lowest BCUT2D eigenvalue weighted by molar-refractivity contribution is -0.00000590. The number of rotatable bonds is 6. The molecule has 108 valence electrons. The van der Waals surface area contributed by atoms with Gasteiger partial charge in [-0.15, -0.1) is 0 Å². The van der Waals surface area contributed by atoms with E-state index in [4.69, 9.17) is 4.74 Å². The van der Waals surface area contributed by atoms with Crippen LogP contribution >= 0.6 is 0 Å². The molecule has 2 rings (SSSR count). The number of aliphatic hydroxyl groups excluding tert-OH is 1. The Morgan fingerprint density at radius 1 is 1.10 bits per heavy atom. The average Bonchev–Trinajstić information content (AvgIpc) is 2.48. The van der Waals surface area contributed by atoms with Gasteiger partial charge in [-0.3, -0.25) is 0 Å². The maximum Gasteiger partial charge on any atom is 0.119 e. The van der Waals surface area contributed by atoms with Crippen LogP contribution in [0.25, 0.3) is 0 Å². The maximum atomic E-state index is 10.0. The zero-order valence-corrected chi connectivity index (χ0v) is 12.2. The second kappa shape index (κ2) is 8.59. The van der Waals surface area contributed by atoms with Crippen molar-refractivity contribution >= 4 is 0 Å². The highest BCUT2D eigenvalue weighted by atomic mass is 35.5. The molecule has 0 aliphatic carbocycles. The SMILES string of the molecule is COc1cccc(CNCC(O)c2ccccc2)c1.[Cl-]. The molecule has 4 heteroatoms. The van der Waals surface area contributed by atoms with Crippen LogP contribution in [-0.4, -0.2) is 18.8 Å². The molecule has 0 saturated carbocycles. The van der Waals surface area contributed by atoms with Gasteiger partial charge in [-0.2, -0.15) is 0 Å². The normalized spacial score (nSPS) is 11.5. The maximum absolute atomic E-state index is 10.0. The van der Waals surface area contributed by atoms with E-state index in [1.165, 1.54) is 0 Å². The molecule has 1 atom stereocenters. The topological polar surface area (TPSA) is 41.5 Å². The number of benzene rings is 2. The molecular weight excluding hydrogens is 274 g/mol. The van der Waals surface area contributed by atoms with Crippen molar-refractivity contribution in [3.05, 3.63) is 65.7 Å². The van der Waals surface area contributed by atoms with Crippen LogP contribution in [0.5, 0.6) is 5.75 Å². The first-order valence-corrected chi connectivity index (χ1v) is 6.36. The summed E-state index contributed by atoms with van der Waals surface area (Å²) in [5.74, 6) is 0.850. The molecule has 0 spiro atoms. The van der Waals surface area contributed by atoms with E-state index in [1.54, 1.807) is 7.11 Å². The molecule has 0 fully saturated rings. The quantitative estimate of drug-likeness (QED) is 0.756. The van der Waals surface area contributed by atoms with Gasteiger partial charge in [0.15, 0.2) is 0 Å². The zero-order valence-electron chi connectivity index (χ0n) is 11.4. The molecule has 3 nitrogen and oxygen atoms in total. The van der Waals surface area contributed by atoms with Gasteiger partial charge in [0, 0.05) is 13.1 Å². The summed E-state index contributed by atoms with van der Waals surface area (Å²) in [4.78, 5) is 0. The second-order valence-electron chi connectivity index (χ2n) is 4.41. The van der Waals surface area contributed by atoms with Gasteiger partial charge in [0.1, 0.15) is 5.75 Å². The Morgan fingerprint density at radius 2 is 1.85 bits per heavy atom. The zero-order chi connectivity index (χ0) is 13.5. The van der Waals surface area contributed by atoms with Crippen LogP contribution in [0.4, 0.5) is 0 Å². The first-order valence-electron chi connectivity index (χ1n) is 6.36. The fourth-order valence-corrected chi connectivity index (χ4v) is 1.93. The Bertz CT molecular complexity index is 505. The molecule has 0 aromatic heterocycles. The van der Waals surface area contributed by atoms with Crippen molar-refractivity contribution < 1.29 is 22.3 Å².